The summed E-state index contributed by atoms with van der Waals surface area (Å²) in [6.07, 6.45) is 6.11. The van der Waals surface area contributed by atoms with Gasteiger partial charge in [-0.15, -0.1) is 0 Å². The maximum atomic E-state index is 14.6. The molecule has 8 heteroatoms. The molecular formula is C42H49N5O3. The van der Waals surface area contributed by atoms with Gasteiger partial charge in [0, 0.05) is 35.9 Å². The Morgan fingerprint density at radius 2 is 1.50 bits per heavy atom. The molecule has 8 nitrogen and oxygen atoms in total. The summed E-state index contributed by atoms with van der Waals surface area (Å²) in [5.41, 5.74) is 5.84. The number of amides is 2. The zero-order chi connectivity index (χ0) is 35.0. The second kappa shape index (κ2) is 16.2. The summed E-state index contributed by atoms with van der Waals surface area (Å²) in [7, 11) is 0. The number of hydrogen-bond acceptors (Lipinski definition) is 5. The number of likely N-dealkylation sites (tertiary alicyclic amines) is 1. The van der Waals surface area contributed by atoms with Crippen molar-refractivity contribution in [2.45, 2.75) is 71.8 Å². The first-order valence-electron chi connectivity index (χ1n) is 18.0. The molecule has 1 fully saturated rings. The highest BCUT2D eigenvalue weighted by Crippen LogP contribution is 2.36. The number of carbonyl (C=O) groups is 1. The minimum Gasteiger partial charge on any atom is -0.492 e. The lowest BCUT2D eigenvalue weighted by Gasteiger charge is -2.26. The van der Waals surface area contributed by atoms with Crippen molar-refractivity contribution < 1.29 is 9.53 Å². The van der Waals surface area contributed by atoms with Gasteiger partial charge >= 0.3 is 6.03 Å². The molecule has 2 aromatic heterocycles. The van der Waals surface area contributed by atoms with Crippen molar-refractivity contribution in [3.05, 3.63) is 118 Å². The van der Waals surface area contributed by atoms with Gasteiger partial charge in [0.15, 0.2) is 0 Å². The van der Waals surface area contributed by atoms with Crippen LogP contribution in [0.1, 0.15) is 75.5 Å². The summed E-state index contributed by atoms with van der Waals surface area (Å²) in [4.78, 5) is 35.8. The third kappa shape index (κ3) is 8.08. The quantitative estimate of drug-likeness (QED) is 0.138. The summed E-state index contributed by atoms with van der Waals surface area (Å²) < 4.78 is 7.94. The lowest BCUT2D eigenvalue weighted by Crippen LogP contribution is -2.33. The van der Waals surface area contributed by atoms with Crippen LogP contribution in [0.4, 0.5) is 16.2 Å². The number of hydrogen-bond donors (Lipinski definition) is 2. The predicted octanol–water partition coefficient (Wildman–Crippen LogP) is 9.06. The zero-order valence-electron chi connectivity index (χ0n) is 29.7. The molecule has 0 aliphatic carbocycles. The average Bonchev–Trinajstić information content (AvgIpc) is 3.12. The number of benzene rings is 3. The van der Waals surface area contributed by atoms with Crippen molar-refractivity contribution in [3.63, 3.8) is 0 Å². The molecule has 6 rings (SSSR count). The number of fused-ring (bicyclic) bond motifs is 1. The highest BCUT2D eigenvalue weighted by molar-refractivity contribution is 6.07. The Hall–Kier alpha value is -4.95. The van der Waals surface area contributed by atoms with Crippen LogP contribution in [0.5, 0.6) is 5.75 Å². The second-order valence-electron chi connectivity index (χ2n) is 13.8. The molecule has 0 atom stereocenters. The van der Waals surface area contributed by atoms with E-state index in [4.69, 9.17) is 9.72 Å². The van der Waals surface area contributed by atoms with Crippen LogP contribution in [-0.4, -0.2) is 46.7 Å². The molecule has 260 valence electrons. The molecule has 50 heavy (non-hydrogen) atoms. The lowest BCUT2D eigenvalue weighted by molar-refractivity contribution is 0.183. The number of carbonyl (C=O) groups excluding carboxylic acids is 1. The Kier molecular flexibility index (Phi) is 11.3. The van der Waals surface area contributed by atoms with Crippen LogP contribution in [0, 0.1) is 0 Å². The lowest BCUT2D eigenvalue weighted by atomic mass is 9.93. The van der Waals surface area contributed by atoms with Gasteiger partial charge in [-0.2, -0.15) is 0 Å². The van der Waals surface area contributed by atoms with Crippen molar-refractivity contribution in [1.82, 2.24) is 14.5 Å². The van der Waals surface area contributed by atoms with Crippen LogP contribution in [0.3, 0.4) is 0 Å². The van der Waals surface area contributed by atoms with E-state index in [0.717, 1.165) is 53.0 Å². The Bertz CT molecular complexity index is 1950. The van der Waals surface area contributed by atoms with Crippen LogP contribution in [0.15, 0.2) is 95.9 Å². The van der Waals surface area contributed by atoms with E-state index < -0.39 is 6.03 Å². The maximum absolute atomic E-state index is 14.6. The van der Waals surface area contributed by atoms with Crippen molar-refractivity contribution in [1.29, 1.82) is 0 Å². The molecule has 2 N–H and O–H groups in total. The van der Waals surface area contributed by atoms with Gasteiger partial charge in [0.25, 0.3) is 5.56 Å². The molecule has 0 spiro atoms. The highest BCUT2D eigenvalue weighted by atomic mass is 16.5. The van der Waals surface area contributed by atoms with Gasteiger partial charge in [0.2, 0.25) is 0 Å². The summed E-state index contributed by atoms with van der Waals surface area (Å²) in [6, 6.07) is 27.4. The molecular weight excluding hydrogens is 622 g/mol. The molecule has 0 bridgehead atoms. The Morgan fingerprint density at radius 3 is 2.22 bits per heavy atom. The Balaban J connectivity index is 1.40. The van der Waals surface area contributed by atoms with Crippen molar-refractivity contribution in [2.24, 2.45) is 0 Å². The van der Waals surface area contributed by atoms with Gasteiger partial charge in [0.1, 0.15) is 23.7 Å². The molecule has 0 unspecified atom stereocenters. The van der Waals surface area contributed by atoms with Gasteiger partial charge in [-0.3, -0.25) is 14.3 Å². The average molecular weight is 672 g/mol. The van der Waals surface area contributed by atoms with Crippen molar-refractivity contribution in [2.75, 3.05) is 36.9 Å². The van der Waals surface area contributed by atoms with Gasteiger partial charge in [0.05, 0.1) is 0 Å². The van der Waals surface area contributed by atoms with Gasteiger partial charge in [-0.25, -0.2) is 9.78 Å². The summed E-state index contributed by atoms with van der Waals surface area (Å²) >= 11 is 0. The van der Waals surface area contributed by atoms with Gasteiger partial charge in [-0.05, 0) is 90.7 Å². The van der Waals surface area contributed by atoms with E-state index in [0.29, 0.717) is 36.5 Å². The summed E-state index contributed by atoms with van der Waals surface area (Å²) in [5, 5.41) is 6.95. The van der Waals surface area contributed by atoms with E-state index in [1.165, 1.54) is 19.3 Å². The van der Waals surface area contributed by atoms with Crippen LogP contribution in [-0.2, 0) is 13.0 Å². The number of aryl methyl sites for hydroxylation is 2. The third-order valence-corrected chi connectivity index (χ3v) is 9.59. The zero-order valence-corrected chi connectivity index (χ0v) is 29.7. The second-order valence-corrected chi connectivity index (χ2v) is 13.8. The van der Waals surface area contributed by atoms with Crippen LogP contribution in [0.25, 0.3) is 22.2 Å². The molecule has 3 aromatic carbocycles. The fraction of sp³-hybridized carbons (Fsp3) is 0.357. The number of rotatable bonds is 12. The number of para-hydroxylation sites is 1. The molecule has 1 aliphatic heterocycles. The number of piperidine rings is 1. The SMILES string of the molecule is CC(C)c1cccc(C(C)C)c1NC(=O)Nc1c(-c2cccc(OCCN3CCCCC3)c2)c2cccnc2n(CCc2ccccc2)c1=O. The van der Waals surface area contributed by atoms with Crippen molar-refractivity contribution >= 4 is 28.4 Å². The van der Waals surface area contributed by atoms with E-state index in [-0.39, 0.29) is 23.1 Å². The largest absolute Gasteiger partial charge is 0.492 e. The topological polar surface area (TPSA) is 88.5 Å². The van der Waals surface area contributed by atoms with Gasteiger partial charge < -0.3 is 15.4 Å². The number of ether oxygens (including phenoxy) is 1. The standard InChI is InChI=1S/C42H49N5O3/c1-29(2)34-18-12-19-35(30(3)4)38(34)44-42(49)45-39-37(32-16-11-17-33(28-32)50-27-26-46-23-9-6-10-24-46)36-20-13-22-43-40(36)47(41(39)48)25-21-31-14-7-5-8-15-31/h5,7-8,11-20,22,28-30H,6,9-10,21,23-27H2,1-4H3,(H2,44,45,49). The van der Waals surface area contributed by atoms with E-state index in [9.17, 15) is 9.59 Å². The first kappa shape index (κ1) is 34.9. The number of anilines is 2. The molecule has 0 saturated carbocycles. The van der Waals surface area contributed by atoms with E-state index in [1.54, 1.807) is 10.8 Å². The number of aromatic nitrogens is 2. The highest BCUT2D eigenvalue weighted by Gasteiger charge is 2.23. The van der Waals surface area contributed by atoms with Crippen molar-refractivity contribution in [3.8, 4) is 16.9 Å². The number of nitrogens with one attached hydrogen (secondary N) is 2. The normalized spacial score (nSPS) is 13.6. The first-order chi connectivity index (χ1) is 24.3. The maximum Gasteiger partial charge on any atom is 0.323 e. The number of nitrogens with zero attached hydrogens (tertiary/aromatic N) is 3. The minimum absolute atomic E-state index is 0.194. The fourth-order valence-electron chi connectivity index (χ4n) is 6.96. The molecule has 5 aromatic rings. The Labute approximate surface area is 295 Å². The van der Waals surface area contributed by atoms with Gasteiger partial charge in [-0.1, -0.05) is 94.8 Å². The molecule has 1 aliphatic rings. The Morgan fingerprint density at radius 1 is 0.800 bits per heavy atom. The third-order valence-electron chi connectivity index (χ3n) is 9.59. The molecule has 2 amide bonds. The van der Waals surface area contributed by atoms with Crippen LogP contribution < -0.4 is 20.9 Å². The molecule has 0 radical (unpaired) electrons. The molecule has 3 heterocycles. The van der Waals surface area contributed by atoms with Crippen LogP contribution in [0.2, 0.25) is 0 Å². The van der Waals surface area contributed by atoms with E-state index in [2.05, 4.69) is 55.4 Å². The van der Waals surface area contributed by atoms with E-state index >= 15 is 0 Å². The predicted molar refractivity (Wildman–Crippen MR) is 205 cm³/mol. The summed E-state index contributed by atoms with van der Waals surface area (Å²) in [5.74, 6) is 1.10. The smallest absolute Gasteiger partial charge is 0.323 e. The number of pyridine rings is 2. The van der Waals surface area contributed by atoms with E-state index in [1.807, 2.05) is 72.8 Å². The first-order valence-corrected chi connectivity index (χ1v) is 18.0. The minimum atomic E-state index is -0.467. The monoisotopic (exact) mass is 671 g/mol. The van der Waals surface area contributed by atoms with Crippen LogP contribution >= 0.6 is 0 Å². The number of urea groups is 1. The fourth-order valence-corrected chi connectivity index (χ4v) is 6.96. The summed E-state index contributed by atoms with van der Waals surface area (Å²) in [6.45, 7) is 12.5. The molecule has 1 saturated heterocycles.